The third-order valence-corrected chi connectivity index (χ3v) is 5.78. The van der Waals surface area contributed by atoms with Crippen LogP contribution in [0.25, 0.3) is 11.1 Å². The maximum Gasteiger partial charge on any atom is 0.306 e. The first-order valence-corrected chi connectivity index (χ1v) is 11.0. The molecule has 0 spiro atoms. The maximum absolute atomic E-state index is 12.7. The molecule has 170 valence electrons. The Labute approximate surface area is 198 Å². The number of carboxylic acids is 1. The van der Waals surface area contributed by atoms with Crippen molar-refractivity contribution in [2.45, 2.75) is 25.7 Å². The zero-order chi connectivity index (χ0) is 23.8. The van der Waals surface area contributed by atoms with E-state index in [9.17, 15) is 19.5 Å². The lowest BCUT2D eigenvalue weighted by Gasteiger charge is -2.12. The number of methoxy groups -OCH3 is 1. The summed E-state index contributed by atoms with van der Waals surface area (Å²) in [5.74, 6) is -1.74. The Kier molecular flexibility index (Phi) is 8.39. The van der Waals surface area contributed by atoms with Crippen molar-refractivity contribution in [1.82, 2.24) is 0 Å². The summed E-state index contributed by atoms with van der Waals surface area (Å²) >= 11 is 5.92. The highest BCUT2D eigenvalue weighted by Gasteiger charge is 2.22. The van der Waals surface area contributed by atoms with Crippen LogP contribution in [0.1, 0.15) is 46.4 Å². The molecular weight excluding hydrogens is 440 g/mol. The highest BCUT2D eigenvalue weighted by atomic mass is 35.5. The summed E-state index contributed by atoms with van der Waals surface area (Å²) in [5, 5.41) is 10.2. The number of para-hydroxylation sites is 1. The van der Waals surface area contributed by atoms with Crippen LogP contribution in [-0.2, 0) is 4.79 Å². The highest BCUT2D eigenvalue weighted by Crippen LogP contribution is 2.24. The van der Waals surface area contributed by atoms with E-state index in [4.69, 9.17) is 16.3 Å². The van der Waals surface area contributed by atoms with E-state index >= 15 is 0 Å². The number of carbonyl (C=O) groups excluding carboxylic acids is 2. The number of carboxylic acid groups (broad SMARTS) is 1. The van der Waals surface area contributed by atoms with Gasteiger partial charge in [0.15, 0.2) is 11.6 Å². The third kappa shape index (κ3) is 6.53. The van der Waals surface area contributed by atoms with Crippen LogP contribution in [0.5, 0.6) is 5.75 Å². The SMILES string of the molecule is COc1ccccc1C(=O)CCCC(CC(=O)c1ccc(-c2ccc(Cl)cc2)cc1)C(=O)O. The fourth-order valence-corrected chi connectivity index (χ4v) is 3.79. The normalized spacial score (nSPS) is 11.6. The van der Waals surface area contributed by atoms with Gasteiger partial charge in [0.25, 0.3) is 0 Å². The van der Waals surface area contributed by atoms with E-state index in [0.29, 0.717) is 28.3 Å². The van der Waals surface area contributed by atoms with E-state index in [0.717, 1.165) is 11.1 Å². The first kappa shape index (κ1) is 24.2. The standard InChI is InChI=1S/C27H25ClO5/c1-33-26-8-3-2-6-23(26)24(29)7-4-5-21(27(31)32)17-25(30)20-11-9-18(10-12-20)19-13-15-22(28)16-14-19/h2-3,6,8-16,21H,4-5,7,17H2,1H3,(H,31,32). The van der Waals surface area contributed by atoms with Gasteiger partial charge in [-0.25, -0.2) is 0 Å². The summed E-state index contributed by atoms with van der Waals surface area (Å²) < 4.78 is 5.21. The summed E-state index contributed by atoms with van der Waals surface area (Å²) in [5.41, 5.74) is 2.85. The van der Waals surface area contributed by atoms with Crippen molar-refractivity contribution < 1.29 is 24.2 Å². The Hall–Kier alpha value is -3.44. The predicted octanol–water partition coefficient (Wildman–Crippen LogP) is 6.34. The molecule has 0 bridgehead atoms. The van der Waals surface area contributed by atoms with Gasteiger partial charge in [-0.05, 0) is 48.2 Å². The second kappa shape index (κ2) is 11.4. The minimum atomic E-state index is -1.04. The van der Waals surface area contributed by atoms with Crippen LogP contribution in [-0.4, -0.2) is 29.8 Å². The van der Waals surface area contributed by atoms with Crippen molar-refractivity contribution in [3.8, 4) is 16.9 Å². The molecular formula is C27H25ClO5. The largest absolute Gasteiger partial charge is 0.496 e. The van der Waals surface area contributed by atoms with Gasteiger partial charge < -0.3 is 9.84 Å². The number of aliphatic carboxylic acids is 1. The third-order valence-electron chi connectivity index (χ3n) is 5.53. The molecule has 0 heterocycles. The number of Topliss-reactive ketones (excluding diaryl/α,β-unsaturated/α-hetero) is 2. The van der Waals surface area contributed by atoms with Crippen LogP contribution in [0.2, 0.25) is 5.02 Å². The molecule has 0 aromatic heterocycles. The highest BCUT2D eigenvalue weighted by molar-refractivity contribution is 6.30. The Morgan fingerprint density at radius 2 is 1.48 bits per heavy atom. The fraction of sp³-hybridized carbons (Fsp3) is 0.222. The first-order valence-electron chi connectivity index (χ1n) is 10.7. The molecule has 0 saturated heterocycles. The molecule has 6 heteroatoms. The number of ether oxygens (including phenoxy) is 1. The molecule has 0 aliphatic carbocycles. The number of halogens is 1. The second-order valence-corrected chi connectivity index (χ2v) is 8.20. The molecule has 3 rings (SSSR count). The van der Waals surface area contributed by atoms with Crippen LogP contribution in [0, 0.1) is 5.92 Å². The van der Waals surface area contributed by atoms with Crippen molar-refractivity contribution >= 4 is 29.1 Å². The van der Waals surface area contributed by atoms with Gasteiger partial charge in [0.05, 0.1) is 18.6 Å². The molecule has 5 nitrogen and oxygen atoms in total. The number of benzene rings is 3. The smallest absolute Gasteiger partial charge is 0.306 e. The van der Waals surface area contributed by atoms with Crippen molar-refractivity contribution in [1.29, 1.82) is 0 Å². The number of rotatable bonds is 11. The molecule has 1 atom stereocenters. The summed E-state index contributed by atoms with van der Waals surface area (Å²) in [6.07, 6.45) is 0.689. The molecule has 1 unspecified atom stereocenters. The molecule has 0 radical (unpaired) electrons. The molecule has 33 heavy (non-hydrogen) atoms. The molecule has 1 N–H and O–H groups in total. The quantitative estimate of drug-likeness (QED) is 0.335. The Balaban J connectivity index is 1.58. The average molecular weight is 465 g/mol. The van der Waals surface area contributed by atoms with Gasteiger partial charge in [-0.1, -0.05) is 60.1 Å². The van der Waals surface area contributed by atoms with Crippen molar-refractivity contribution in [3.63, 3.8) is 0 Å². The van der Waals surface area contributed by atoms with E-state index < -0.39 is 11.9 Å². The average Bonchev–Trinajstić information content (AvgIpc) is 2.83. The Bertz CT molecular complexity index is 1120. The summed E-state index contributed by atoms with van der Waals surface area (Å²) in [6.45, 7) is 0. The van der Waals surface area contributed by atoms with Crippen LogP contribution in [0.3, 0.4) is 0 Å². The predicted molar refractivity (Wildman–Crippen MR) is 128 cm³/mol. The number of carbonyl (C=O) groups is 3. The van der Waals surface area contributed by atoms with Gasteiger partial charge in [0.2, 0.25) is 0 Å². The van der Waals surface area contributed by atoms with Gasteiger partial charge in [0, 0.05) is 23.4 Å². The van der Waals surface area contributed by atoms with E-state index in [1.165, 1.54) is 7.11 Å². The zero-order valence-corrected chi connectivity index (χ0v) is 19.0. The van der Waals surface area contributed by atoms with Crippen molar-refractivity contribution in [2.24, 2.45) is 5.92 Å². The maximum atomic E-state index is 12.7. The van der Waals surface area contributed by atoms with Crippen LogP contribution >= 0.6 is 11.6 Å². The van der Waals surface area contributed by atoms with E-state index in [-0.39, 0.29) is 30.8 Å². The summed E-state index contributed by atoms with van der Waals surface area (Å²) in [4.78, 5) is 36.9. The number of hydrogen-bond acceptors (Lipinski definition) is 4. The lowest BCUT2D eigenvalue weighted by molar-refractivity contribution is -0.141. The zero-order valence-electron chi connectivity index (χ0n) is 18.3. The van der Waals surface area contributed by atoms with E-state index in [2.05, 4.69) is 0 Å². The molecule has 3 aromatic carbocycles. The van der Waals surface area contributed by atoms with E-state index in [1.54, 1.807) is 48.5 Å². The second-order valence-electron chi connectivity index (χ2n) is 7.76. The topological polar surface area (TPSA) is 80.7 Å². The Morgan fingerprint density at radius 1 is 0.879 bits per heavy atom. The summed E-state index contributed by atoms with van der Waals surface area (Å²) in [7, 11) is 1.50. The monoisotopic (exact) mass is 464 g/mol. The fourth-order valence-electron chi connectivity index (χ4n) is 3.66. The lowest BCUT2D eigenvalue weighted by atomic mass is 9.92. The van der Waals surface area contributed by atoms with Crippen molar-refractivity contribution in [2.75, 3.05) is 7.11 Å². The minimum absolute atomic E-state index is 0.110. The van der Waals surface area contributed by atoms with Gasteiger partial charge in [-0.3, -0.25) is 14.4 Å². The number of hydrogen-bond donors (Lipinski definition) is 1. The van der Waals surface area contributed by atoms with Gasteiger partial charge in [0.1, 0.15) is 5.75 Å². The van der Waals surface area contributed by atoms with Crippen LogP contribution in [0.15, 0.2) is 72.8 Å². The number of ketones is 2. The van der Waals surface area contributed by atoms with Crippen molar-refractivity contribution in [3.05, 3.63) is 88.9 Å². The van der Waals surface area contributed by atoms with Crippen LogP contribution in [0.4, 0.5) is 0 Å². The van der Waals surface area contributed by atoms with E-state index in [1.807, 2.05) is 24.3 Å². The lowest BCUT2D eigenvalue weighted by Crippen LogP contribution is -2.18. The molecule has 0 fully saturated rings. The minimum Gasteiger partial charge on any atom is -0.496 e. The van der Waals surface area contributed by atoms with Crippen LogP contribution < -0.4 is 4.74 Å². The molecule has 0 saturated carbocycles. The first-order chi connectivity index (χ1) is 15.9. The summed E-state index contributed by atoms with van der Waals surface area (Å²) in [6, 6.07) is 21.4. The van der Waals surface area contributed by atoms with Gasteiger partial charge >= 0.3 is 5.97 Å². The Morgan fingerprint density at radius 3 is 2.09 bits per heavy atom. The molecule has 0 aliphatic heterocycles. The molecule has 0 amide bonds. The molecule has 0 aliphatic rings. The molecule has 3 aromatic rings. The van der Waals surface area contributed by atoms with Gasteiger partial charge in [-0.15, -0.1) is 0 Å². The van der Waals surface area contributed by atoms with Gasteiger partial charge in [-0.2, -0.15) is 0 Å².